The van der Waals surface area contributed by atoms with Crippen molar-refractivity contribution in [1.29, 1.82) is 10.5 Å². The number of ether oxygens (including phenoxy) is 3. The number of aromatic nitrogens is 8. The fourth-order valence-corrected chi connectivity index (χ4v) is 12.1. The van der Waals surface area contributed by atoms with Crippen LogP contribution in [0.1, 0.15) is 145 Å². The number of carbonyl (C=O) groups is 4. The molecule has 2 aliphatic heterocycles. The summed E-state index contributed by atoms with van der Waals surface area (Å²) in [6.45, 7) is 18.4. The standard InChI is InChI=1S/C35H38ClN7O4.C25H21BrClN7O.C9H17NO3/c1-33(2,3)47-29(44)17-35(9-10-35)22-46-25-16-26(31-24(18-37)20-40-43(31)21-25)23-7-8-28(39-19-23)42-14-11-34(4,12-15-42)41-32(45)30-27(36)6-5-13-38-30;1-25(32-24(35)22-20(27)3-2-8-29-22)6-9-33(10-7-25)21-5-4-16(13-30-21)19-11-18(26)15-34-23(19)17(12-28)14-31-34;1-8(2,3)13-7(12)10-9(6-11)4-5-9/h5-8,13,16,19-21H,9-12,14-15,17,22H2,1-4H3,(H,41,45);2-5,8,11,13-15H,6-7,9-10H2,1H3,(H,32,35);11H,4-6H2,1-3H3,(H,10,12). The van der Waals surface area contributed by atoms with Gasteiger partial charge in [0, 0.05) is 100 Å². The minimum absolute atomic E-state index is 0.00770. The van der Waals surface area contributed by atoms with Gasteiger partial charge in [-0.05, 0) is 183 Å². The molecule has 8 aromatic rings. The number of halogens is 3. The Hall–Kier alpha value is -8.94. The average molecular weight is 1390 g/mol. The summed E-state index contributed by atoms with van der Waals surface area (Å²) in [5, 5.41) is 46.5. The topological polar surface area (TPSA) is 293 Å². The van der Waals surface area contributed by atoms with Gasteiger partial charge in [0.15, 0.2) is 0 Å². The second-order valence-electron chi connectivity index (χ2n) is 27.2. The lowest BCUT2D eigenvalue weighted by Gasteiger charge is -2.40. The molecular weight excluding hydrogens is 1320 g/mol. The number of hydrogen-bond acceptors (Lipinski definition) is 18. The Morgan fingerprint density at radius 2 is 1.11 bits per heavy atom. The number of rotatable bonds is 15. The predicted molar refractivity (Wildman–Crippen MR) is 363 cm³/mol. The van der Waals surface area contributed by atoms with E-state index in [0.29, 0.717) is 58.6 Å². The molecule has 496 valence electrons. The average Bonchev–Trinajstić information content (AvgIpc) is 1.62. The van der Waals surface area contributed by atoms with Gasteiger partial charge in [0.25, 0.3) is 11.8 Å². The van der Waals surface area contributed by atoms with Crippen molar-refractivity contribution in [2.24, 2.45) is 5.41 Å². The van der Waals surface area contributed by atoms with Gasteiger partial charge in [-0.25, -0.2) is 33.8 Å². The predicted octanol–water partition coefficient (Wildman–Crippen LogP) is 11.9. The molecule has 23 nitrogen and oxygen atoms in total. The van der Waals surface area contributed by atoms with Crippen molar-refractivity contribution in [3.63, 3.8) is 0 Å². The molecule has 2 aliphatic carbocycles. The second kappa shape index (κ2) is 28.2. The molecule has 4 aliphatic rings. The number of aliphatic hydroxyl groups excluding tert-OH is 1. The Kier molecular flexibility index (Phi) is 20.4. The summed E-state index contributed by atoms with van der Waals surface area (Å²) in [5.74, 6) is 1.53. The van der Waals surface area contributed by atoms with Crippen LogP contribution in [0.25, 0.3) is 33.3 Å². The van der Waals surface area contributed by atoms with Gasteiger partial charge < -0.3 is 45.1 Å². The van der Waals surface area contributed by atoms with Gasteiger partial charge in [-0.3, -0.25) is 14.4 Å². The molecule has 8 aromatic heterocycles. The lowest BCUT2D eigenvalue weighted by atomic mass is 9.89. The number of carbonyl (C=O) groups excluding carboxylic acids is 4. The first-order valence-corrected chi connectivity index (χ1v) is 32.9. The monoisotopic (exact) mass is 1390 g/mol. The van der Waals surface area contributed by atoms with Crippen LogP contribution >= 0.6 is 39.1 Å². The van der Waals surface area contributed by atoms with E-state index in [1.54, 1.807) is 70.5 Å². The molecule has 2 saturated carbocycles. The van der Waals surface area contributed by atoms with E-state index in [4.69, 9.17) is 52.5 Å². The Balaban J connectivity index is 0.000000179. The summed E-state index contributed by atoms with van der Waals surface area (Å²) in [6.07, 6.45) is 19.7. The Labute approximate surface area is 569 Å². The molecule has 0 unspecified atom stereocenters. The van der Waals surface area contributed by atoms with Gasteiger partial charge in [-0.2, -0.15) is 20.7 Å². The van der Waals surface area contributed by atoms with Crippen LogP contribution in [0.5, 0.6) is 5.75 Å². The summed E-state index contributed by atoms with van der Waals surface area (Å²) in [4.78, 5) is 71.4. The molecule has 95 heavy (non-hydrogen) atoms. The van der Waals surface area contributed by atoms with Gasteiger partial charge in [0.2, 0.25) is 0 Å². The van der Waals surface area contributed by atoms with Gasteiger partial charge in [-0.15, -0.1) is 0 Å². The first-order valence-electron chi connectivity index (χ1n) is 31.3. The van der Waals surface area contributed by atoms with Crippen molar-refractivity contribution in [3.8, 4) is 40.1 Å². The van der Waals surface area contributed by atoms with Crippen LogP contribution in [0.4, 0.5) is 16.4 Å². The normalized spacial score (nSPS) is 16.5. The third-order valence-electron chi connectivity index (χ3n) is 17.0. The molecule has 0 bridgehead atoms. The zero-order chi connectivity index (χ0) is 68.1. The molecular formula is C69H76BrCl2N15O8. The molecule has 3 amide bonds. The summed E-state index contributed by atoms with van der Waals surface area (Å²) in [6, 6.07) is 23.0. The number of aliphatic hydroxyl groups is 1. The van der Waals surface area contributed by atoms with E-state index in [1.165, 1.54) is 0 Å². The number of piperidine rings is 2. The molecule has 0 radical (unpaired) electrons. The summed E-state index contributed by atoms with van der Waals surface area (Å²) < 4.78 is 21.1. The van der Waals surface area contributed by atoms with Crippen molar-refractivity contribution < 1.29 is 38.5 Å². The van der Waals surface area contributed by atoms with Gasteiger partial charge in [-0.1, -0.05) is 23.2 Å². The van der Waals surface area contributed by atoms with Crippen LogP contribution in [0.3, 0.4) is 0 Å². The number of nitrogens with one attached hydrogen (secondary N) is 3. The fraction of sp³-hybridized carbons (Fsp3) is 0.420. The van der Waals surface area contributed by atoms with Crippen LogP contribution in [-0.4, -0.2) is 135 Å². The van der Waals surface area contributed by atoms with E-state index >= 15 is 0 Å². The van der Waals surface area contributed by atoms with Gasteiger partial charge >= 0.3 is 12.1 Å². The highest BCUT2D eigenvalue weighted by molar-refractivity contribution is 9.10. The van der Waals surface area contributed by atoms with Crippen LogP contribution in [0.2, 0.25) is 10.0 Å². The summed E-state index contributed by atoms with van der Waals surface area (Å²) >= 11 is 15.8. The minimum atomic E-state index is -0.530. The minimum Gasteiger partial charge on any atom is -0.491 e. The number of anilines is 2. The number of amides is 3. The first-order chi connectivity index (χ1) is 45.1. The summed E-state index contributed by atoms with van der Waals surface area (Å²) in [7, 11) is 0. The maximum Gasteiger partial charge on any atom is 0.408 e. The highest BCUT2D eigenvalue weighted by Crippen LogP contribution is 2.50. The maximum atomic E-state index is 12.8. The highest BCUT2D eigenvalue weighted by atomic mass is 79.9. The molecule has 10 heterocycles. The maximum absolute atomic E-state index is 12.8. The van der Waals surface area contributed by atoms with Crippen molar-refractivity contribution >= 4 is 85.7 Å². The zero-order valence-electron chi connectivity index (χ0n) is 54.3. The molecule has 26 heteroatoms. The van der Waals surface area contributed by atoms with Crippen molar-refractivity contribution in [3.05, 3.63) is 147 Å². The number of pyridine rings is 6. The Morgan fingerprint density at radius 1 is 0.632 bits per heavy atom. The largest absolute Gasteiger partial charge is 0.491 e. The van der Waals surface area contributed by atoms with Crippen molar-refractivity contribution in [1.82, 2.24) is 55.1 Å². The lowest BCUT2D eigenvalue weighted by molar-refractivity contribution is -0.156. The molecule has 0 spiro atoms. The third kappa shape index (κ3) is 17.3. The number of nitriles is 2. The smallest absolute Gasteiger partial charge is 0.408 e. The quantitative estimate of drug-likeness (QED) is 0.0694. The van der Waals surface area contributed by atoms with Gasteiger partial charge in [0.05, 0.1) is 76.0 Å². The van der Waals surface area contributed by atoms with E-state index in [9.17, 15) is 29.7 Å². The van der Waals surface area contributed by atoms with Crippen LogP contribution < -0.4 is 30.5 Å². The molecule has 0 atom stereocenters. The van der Waals surface area contributed by atoms with Crippen LogP contribution in [0.15, 0.2) is 115 Å². The molecule has 4 N–H and O–H groups in total. The molecule has 2 saturated heterocycles. The van der Waals surface area contributed by atoms with Crippen molar-refractivity contribution in [2.45, 2.75) is 141 Å². The number of alkyl carbamates (subject to hydrolysis) is 1. The first kappa shape index (κ1) is 68.9. The fourth-order valence-electron chi connectivity index (χ4n) is 11.3. The molecule has 12 rings (SSSR count). The number of hydrogen-bond donors (Lipinski definition) is 4. The highest BCUT2D eigenvalue weighted by Gasteiger charge is 2.47. The zero-order valence-corrected chi connectivity index (χ0v) is 57.4. The molecule has 4 fully saturated rings. The number of fused-ring (bicyclic) bond motifs is 2. The van der Waals surface area contributed by atoms with E-state index in [-0.39, 0.29) is 52.3 Å². The van der Waals surface area contributed by atoms with E-state index < -0.39 is 22.8 Å². The molecule has 0 aromatic carbocycles. The third-order valence-corrected chi connectivity index (χ3v) is 18.1. The van der Waals surface area contributed by atoms with E-state index in [2.05, 4.69) is 74.0 Å². The van der Waals surface area contributed by atoms with E-state index in [0.717, 1.165) is 108 Å². The van der Waals surface area contributed by atoms with Crippen LogP contribution in [0, 0.1) is 28.1 Å². The SMILES string of the molecule is CC(C)(C)OC(=O)NC1(CO)CC1.CC1(NC(=O)c2ncccc2Cl)CCN(c2ccc(-c3cc(Br)cn4ncc(C#N)c34)cn2)CC1.CC1(NC(=O)c2ncccc2Cl)CCN(c2ccc(-c3cc(OCC4(CC(=O)OC(C)(C)C)CC4)cn4ncc(C#N)c34)cn2)CC1. The number of esters is 1. The lowest BCUT2D eigenvalue weighted by Crippen LogP contribution is -2.53. The van der Waals surface area contributed by atoms with Gasteiger partial charge in [0.1, 0.15) is 52.1 Å². The second-order valence-corrected chi connectivity index (χ2v) is 28.9. The Morgan fingerprint density at radius 3 is 1.52 bits per heavy atom. The number of nitrogens with zero attached hydrogens (tertiary/aromatic N) is 12. The Bertz CT molecular complexity index is 4230. The van der Waals surface area contributed by atoms with E-state index in [1.807, 2.05) is 104 Å². The summed E-state index contributed by atoms with van der Waals surface area (Å²) in [5.41, 5.74) is 3.85. The van der Waals surface area contributed by atoms with Crippen LogP contribution in [-0.2, 0) is 14.3 Å². The van der Waals surface area contributed by atoms with Crippen molar-refractivity contribution in [2.75, 3.05) is 49.2 Å².